The lowest BCUT2D eigenvalue weighted by Gasteiger charge is -2.11. The van der Waals surface area contributed by atoms with Crippen LogP contribution in [-0.4, -0.2) is 33.9 Å². The summed E-state index contributed by atoms with van der Waals surface area (Å²) < 4.78 is 0. The van der Waals surface area contributed by atoms with Crippen molar-refractivity contribution in [3.8, 4) is 0 Å². The zero-order valence-corrected chi connectivity index (χ0v) is 10.1. The molecule has 2 amide bonds. The predicted octanol–water partition coefficient (Wildman–Crippen LogP) is -0.944. The molecule has 0 unspecified atom stereocenters. The normalized spacial score (nSPS) is 11.8. The number of benzene rings is 1. The number of para-hydroxylation sites is 2. The summed E-state index contributed by atoms with van der Waals surface area (Å²) in [4.78, 5) is 22.9. The second-order valence-electron chi connectivity index (χ2n) is 3.42. The van der Waals surface area contributed by atoms with Crippen molar-refractivity contribution in [2.24, 2.45) is 21.8 Å². The van der Waals surface area contributed by atoms with E-state index in [2.05, 4.69) is 20.9 Å². The van der Waals surface area contributed by atoms with Gasteiger partial charge in [-0.05, 0) is 12.1 Å². The summed E-state index contributed by atoms with van der Waals surface area (Å²) in [7, 11) is 0. The maximum absolute atomic E-state index is 11.4. The Morgan fingerprint density at radius 1 is 0.900 bits per heavy atom. The Hall–Kier alpha value is -3.30. The van der Waals surface area contributed by atoms with Gasteiger partial charge in [0.25, 0.3) is 11.8 Å². The number of carbonyl (C=O) groups excluding carboxylic acids is 2. The maximum atomic E-state index is 11.4. The third-order valence-electron chi connectivity index (χ3n) is 2.10. The second-order valence-corrected chi connectivity index (χ2v) is 3.42. The Kier molecular flexibility index (Phi) is 4.86. The SMILES string of the molecule is N/C(=N\O)C(=O)Nc1ccccc1NC(=O)/C(N)=N/O. The molecule has 0 radical (unpaired) electrons. The first-order valence-electron chi connectivity index (χ1n) is 5.16. The van der Waals surface area contributed by atoms with Crippen molar-refractivity contribution in [2.75, 3.05) is 10.6 Å². The van der Waals surface area contributed by atoms with Gasteiger partial charge in [0.1, 0.15) is 0 Å². The third kappa shape index (κ3) is 3.60. The Balaban J connectivity index is 2.94. The van der Waals surface area contributed by atoms with E-state index in [1.54, 1.807) is 12.1 Å². The summed E-state index contributed by atoms with van der Waals surface area (Å²) in [6, 6.07) is 6.09. The molecule has 0 aromatic heterocycles. The van der Waals surface area contributed by atoms with Crippen LogP contribution in [0.25, 0.3) is 0 Å². The molecule has 0 fully saturated rings. The van der Waals surface area contributed by atoms with Crippen LogP contribution in [-0.2, 0) is 9.59 Å². The Bertz CT molecular complexity index is 532. The molecule has 8 N–H and O–H groups in total. The van der Waals surface area contributed by atoms with Gasteiger partial charge in [-0.2, -0.15) is 0 Å². The number of rotatable bonds is 2. The highest BCUT2D eigenvalue weighted by molar-refractivity contribution is 6.43. The molecule has 1 rings (SSSR count). The first-order chi connectivity index (χ1) is 9.49. The molecule has 10 nitrogen and oxygen atoms in total. The molecule has 1 aromatic carbocycles. The van der Waals surface area contributed by atoms with E-state index < -0.39 is 23.5 Å². The summed E-state index contributed by atoms with van der Waals surface area (Å²) in [5.74, 6) is -3.03. The van der Waals surface area contributed by atoms with E-state index in [4.69, 9.17) is 21.9 Å². The van der Waals surface area contributed by atoms with Gasteiger partial charge in [-0.3, -0.25) is 9.59 Å². The highest BCUT2D eigenvalue weighted by Gasteiger charge is 2.14. The highest BCUT2D eigenvalue weighted by Crippen LogP contribution is 2.20. The standard InChI is InChI=1S/C10H12N6O4/c11-7(15-19)9(17)13-5-3-1-2-4-6(5)14-10(18)8(12)16-20/h1-4,19-20H,(H2,11,15)(H2,12,16)(H,13,17)(H,14,18). The van der Waals surface area contributed by atoms with Crippen molar-refractivity contribution < 1.29 is 20.0 Å². The molecule has 0 aliphatic heterocycles. The Morgan fingerprint density at radius 2 is 1.25 bits per heavy atom. The molecular weight excluding hydrogens is 268 g/mol. The fourth-order valence-electron chi connectivity index (χ4n) is 1.16. The van der Waals surface area contributed by atoms with E-state index >= 15 is 0 Å². The number of carbonyl (C=O) groups is 2. The van der Waals surface area contributed by atoms with Gasteiger partial charge in [-0.1, -0.05) is 22.4 Å². The molecule has 0 spiro atoms. The molecule has 0 aliphatic carbocycles. The van der Waals surface area contributed by atoms with Crippen LogP contribution in [0.5, 0.6) is 0 Å². The second kappa shape index (κ2) is 6.58. The molecule has 0 atom stereocenters. The summed E-state index contributed by atoms with van der Waals surface area (Å²) in [5.41, 5.74) is 10.6. The van der Waals surface area contributed by atoms with Gasteiger partial charge >= 0.3 is 0 Å². The van der Waals surface area contributed by atoms with Gasteiger partial charge in [0.05, 0.1) is 11.4 Å². The van der Waals surface area contributed by atoms with E-state index in [1.807, 2.05) is 0 Å². The molecular formula is C10H12N6O4. The number of anilines is 2. The average molecular weight is 280 g/mol. The largest absolute Gasteiger partial charge is 0.409 e. The fourth-order valence-corrected chi connectivity index (χ4v) is 1.16. The van der Waals surface area contributed by atoms with Crippen LogP contribution in [0.2, 0.25) is 0 Å². The van der Waals surface area contributed by atoms with Crippen molar-refractivity contribution >= 4 is 34.9 Å². The number of nitrogens with zero attached hydrogens (tertiary/aromatic N) is 2. The number of hydrogen-bond donors (Lipinski definition) is 6. The van der Waals surface area contributed by atoms with E-state index in [9.17, 15) is 9.59 Å². The summed E-state index contributed by atoms with van der Waals surface area (Å²) in [6.45, 7) is 0. The number of amides is 2. The lowest BCUT2D eigenvalue weighted by molar-refractivity contribution is -0.111. The minimum Gasteiger partial charge on any atom is -0.409 e. The van der Waals surface area contributed by atoms with Gasteiger partial charge in [-0.25, -0.2) is 0 Å². The monoisotopic (exact) mass is 280 g/mol. The number of amidine groups is 2. The maximum Gasteiger partial charge on any atom is 0.294 e. The first-order valence-corrected chi connectivity index (χ1v) is 5.16. The van der Waals surface area contributed by atoms with Crippen molar-refractivity contribution in [2.45, 2.75) is 0 Å². The lowest BCUT2D eigenvalue weighted by atomic mass is 10.2. The molecule has 0 bridgehead atoms. The smallest absolute Gasteiger partial charge is 0.294 e. The first kappa shape index (κ1) is 14.8. The van der Waals surface area contributed by atoms with Crippen LogP contribution >= 0.6 is 0 Å². The minimum absolute atomic E-state index is 0.184. The average Bonchev–Trinajstić information content (AvgIpc) is 2.47. The Morgan fingerprint density at radius 3 is 1.55 bits per heavy atom. The van der Waals surface area contributed by atoms with Crippen LogP contribution in [0.1, 0.15) is 0 Å². The van der Waals surface area contributed by atoms with E-state index in [0.717, 1.165) is 0 Å². The van der Waals surface area contributed by atoms with Gasteiger partial charge in [0.2, 0.25) is 11.7 Å². The van der Waals surface area contributed by atoms with E-state index in [-0.39, 0.29) is 11.4 Å². The molecule has 0 saturated heterocycles. The third-order valence-corrected chi connectivity index (χ3v) is 2.10. The molecule has 10 heteroatoms. The topological polar surface area (TPSA) is 175 Å². The van der Waals surface area contributed by atoms with E-state index in [1.165, 1.54) is 12.1 Å². The predicted molar refractivity (Wildman–Crippen MR) is 70.5 cm³/mol. The highest BCUT2D eigenvalue weighted by atomic mass is 16.4. The van der Waals surface area contributed by atoms with E-state index in [0.29, 0.717) is 0 Å². The van der Waals surface area contributed by atoms with Crippen molar-refractivity contribution in [3.05, 3.63) is 24.3 Å². The van der Waals surface area contributed by atoms with Crippen LogP contribution < -0.4 is 22.1 Å². The summed E-state index contributed by atoms with van der Waals surface area (Å²) in [6.07, 6.45) is 0. The van der Waals surface area contributed by atoms with Gasteiger partial charge in [-0.15, -0.1) is 0 Å². The molecule has 1 aromatic rings. The van der Waals surface area contributed by atoms with Crippen molar-refractivity contribution in [3.63, 3.8) is 0 Å². The molecule has 0 aliphatic rings. The number of oxime groups is 2. The molecule has 106 valence electrons. The lowest BCUT2D eigenvalue weighted by Crippen LogP contribution is -2.32. The zero-order valence-electron chi connectivity index (χ0n) is 10.1. The quantitative estimate of drug-likeness (QED) is 0.176. The summed E-state index contributed by atoms with van der Waals surface area (Å²) in [5, 5.41) is 26.5. The summed E-state index contributed by atoms with van der Waals surface area (Å²) >= 11 is 0. The van der Waals surface area contributed by atoms with Crippen LogP contribution in [0, 0.1) is 0 Å². The van der Waals surface area contributed by atoms with Gasteiger partial charge < -0.3 is 32.5 Å². The zero-order chi connectivity index (χ0) is 15.1. The number of hydrogen-bond acceptors (Lipinski definition) is 6. The minimum atomic E-state index is -0.863. The van der Waals surface area contributed by atoms with Gasteiger partial charge in [0, 0.05) is 0 Å². The van der Waals surface area contributed by atoms with Crippen molar-refractivity contribution in [1.82, 2.24) is 0 Å². The molecule has 0 saturated carbocycles. The van der Waals surface area contributed by atoms with Crippen LogP contribution in [0.4, 0.5) is 11.4 Å². The molecule has 0 heterocycles. The number of nitrogens with two attached hydrogens (primary N) is 2. The molecule has 20 heavy (non-hydrogen) atoms. The van der Waals surface area contributed by atoms with Crippen molar-refractivity contribution in [1.29, 1.82) is 0 Å². The van der Waals surface area contributed by atoms with Crippen LogP contribution in [0.15, 0.2) is 34.6 Å². The Labute approximate surface area is 112 Å². The van der Waals surface area contributed by atoms with Gasteiger partial charge in [0.15, 0.2) is 0 Å². The van der Waals surface area contributed by atoms with Crippen LogP contribution in [0.3, 0.4) is 0 Å². The fraction of sp³-hybridized carbons (Fsp3) is 0. The number of nitrogens with one attached hydrogen (secondary N) is 2.